The van der Waals surface area contributed by atoms with Crippen LogP contribution in [0.3, 0.4) is 0 Å². The molecule has 124 valence electrons. The summed E-state index contributed by atoms with van der Waals surface area (Å²) in [4.78, 5) is 12.0. The number of anilines is 1. The molecule has 2 aromatic carbocycles. The standard InChI is InChI=1S/C17H13N5O3/c23-17(8-2-12-1-7-15-16(9-12)25-11-24-15)19-13-3-5-14(6-4-13)22-10-18-20-21-22/h1-10H,11H2,(H,19,23)/b8-2+. The first kappa shape index (κ1) is 14.9. The highest BCUT2D eigenvalue weighted by Crippen LogP contribution is 2.32. The van der Waals surface area contributed by atoms with E-state index in [-0.39, 0.29) is 12.7 Å². The van der Waals surface area contributed by atoms with Crippen LogP contribution in [0, 0.1) is 0 Å². The lowest BCUT2D eigenvalue weighted by molar-refractivity contribution is -0.111. The number of aromatic nitrogens is 4. The molecule has 1 aromatic heterocycles. The van der Waals surface area contributed by atoms with Crippen molar-refractivity contribution in [2.45, 2.75) is 0 Å². The Morgan fingerprint density at radius 1 is 1.12 bits per heavy atom. The molecule has 4 rings (SSSR count). The number of hydrogen-bond donors (Lipinski definition) is 1. The van der Waals surface area contributed by atoms with E-state index in [1.807, 2.05) is 30.3 Å². The number of amides is 1. The van der Waals surface area contributed by atoms with Crippen molar-refractivity contribution in [2.24, 2.45) is 0 Å². The molecule has 0 unspecified atom stereocenters. The number of hydrogen-bond acceptors (Lipinski definition) is 6. The minimum Gasteiger partial charge on any atom is -0.454 e. The van der Waals surface area contributed by atoms with Crippen molar-refractivity contribution in [3.63, 3.8) is 0 Å². The van der Waals surface area contributed by atoms with Gasteiger partial charge in [0.05, 0.1) is 5.69 Å². The van der Waals surface area contributed by atoms with Gasteiger partial charge in [0.25, 0.3) is 0 Å². The molecule has 1 aliphatic rings. The molecule has 0 aliphatic carbocycles. The van der Waals surface area contributed by atoms with E-state index in [0.717, 1.165) is 11.3 Å². The lowest BCUT2D eigenvalue weighted by Gasteiger charge is -2.04. The molecule has 8 nitrogen and oxygen atoms in total. The van der Waals surface area contributed by atoms with E-state index in [9.17, 15) is 4.79 Å². The largest absolute Gasteiger partial charge is 0.454 e. The zero-order chi connectivity index (χ0) is 17.1. The van der Waals surface area contributed by atoms with Crippen molar-refractivity contribution >= 4 is 17.7 Å². The van der Waals surface area contributed by atoms with Gasteiger partial charge in [-0.05, 0) is 58.5 Å². The number of carbonyl (C=O) groups excluding carboxylic acids is 1. The van der Waals surface area contributed by atoms with Crippen LogP contribution in [0.4, 0.5) is 5.69 Å². The highest BCUT2D eigenvalue weighted by molar-refractivity contribution is 6.02. The molecular formula is C17H13N5O3. The van der Waals surface area contributed by atoms with Crippen molar-refractivity contribution in [1.29, 1.82) is 0 Å². The summed E-state index contributed by atoms with van der Waals surface area (Å²) in [5.74, 6) is 1.16. The van der Waals surface area contributed by atoms with Gasteiger partial charge in [0.1, 0.15) is 6.33 Å². The molecule has 3 aromatic rings. The van der Waals surface area contributed by atoms with Crippen molar-refractivity contribution in [2.75, 3.05) is 12.1 Å². The van der Waals surface area contributed by atoms with Crippen LogP contribution in [0.25, 0.3) is 11.8 Å². The summed E-state index contributed by atoms with van der Waals surface area (Å²) in [6.45, 7) is 0.226. The number of tetrazole rings is 1. The topological polar surface area (TPSA) is 91.2 Å². The van der Waals surface area contributed by atoms with Gasteiger partial charge >= 0.3 is 0 Å². The van der Waals surface area contributed by atoms with Crippen molar-refractivity contribution in [3.05, 3.63) is 60.4 Å². The number of benzene rings is 2. The van der Waals surface area contributed by atoms with Crippen LogP contribution in [0.15, 0.2) is 54.9 Å². The molecule has 1 N–H and O–H groups in total. The highest BCUT2D eigenvalue weighted by atomic mass is 16.7. The fourth-order valence-electron chi connectivity index (χ4n) is 2.35. The summed E-state index contributed by atoms with van der Waals surface area (Å²) < 4.78 is 12.1. The summed E-state index contributed by atoms with van der Waals surface area (Å²) in [5, 5.41) is 13.8. The summed E-state index contributed by atoms with van der Waals surface area (Å²) in [5.41, 5.74) is 2.34. The minimum atomic E-state index is -0.229. The number of carbonyl (C=O) groups is 1. The summed E-state index contributed by atoms with van der Waals surface area (Å²) in [7, 11) is 0. The Balaban J connectivity index is 1.40. The fourth-order valence-corrected chi connectivity index (χ4v) is 2.35. The van der Waals surface area contributed by atoms with Gasteiger partial charge in [-0.2, -0.15) is 0 Å². The van der Waals surface area contributed by atoms with E-state index in [2.05, 4.69) is 20.8 Å². The average molecular weight is 335 g/mol. The second-order valence-corrected chi connectivity index (χ2v) is 5.24. The molecule has 0 fully saturated rings. The van der Waals surface area contributed by atoms with Crippen LogP contribution < -0.4 is 14.8 Å². The van der Waals surface area contributed by atoms with E-state index in [1.54, 1.807) is 18.2 Å². The van der Waals surface area contributed by atoms with Gasteiger partial charge < -0.3 is 14.8 Å². The number of rotatable bonds is 4. The van der Waals surface area contributed by atoms with E-state index >= 15 is 0 Å². The Morgan fingerprint density at radius 2 is 1.96 bits per heavy atom. The predicted octanol–water partition coefficient (Wildman–Crippen LogP) is 2.04. The molecule has 2 heterocycles. The molecule has 0 saturated carbocycles. The minimum absolute atomic E-state index is 0.226. The molecule has 0 atom stereocenters. The predicted molar refractivity (Wildman–Crippen MR) is 89.4 cm³/mol. The third-order valence-electron chi connectivity index (χ3n) is 3.57. The molecule has 0 bridgehead atoms. The van der Waals surface area contributed by atoms with Gasteiger partial charge in [-0.3, -0.25) is 4.79 Å². The summed E-state index contributed by atoms with van der Waals surface area (Å²) in [6, 6.07) is 12.7. The maximum absolute atomic E-state index is 12.0. The first-order valence-electron chi connectivity index (χ1n) is 7.50. The van der Waals surface area contributed by atoms with Gasteiger partial charge in [-0.25, -0.2) is 4.68 Å². The first-order chi connectivity index (χ1) is 12.3. The molecule has 0 spiro atoms. The smallest absolute Gasteiger partial charge is 0.248 e. The van der Waals surface area contributed by atoms with Crippen molar-refractivity contribution in [1.82, 2.24) is 20.2 Å². The van der Waals surface area contributed by atoms with Crippen LogP contribution >= 0.6 is 0 Å². The van der Waals surface area contributed by atoms with Gasteiger partial charge in [-0.15, -0.1) is 5.10 Å². The van der Waals surface area contributed by atoms with Gasteiger partial charge in [0.2, 0.25) is 12.7 Å². The molecule has 25 heavy (non-hydrogen) atoms. The third kappa shape index (κ3) is 3.32. The van der Waals surface area contributed by atoms with Crippen LogP contribution in [-0.2, 0) is 4.79 Å². The molecule has 0 saturated heterocycles. The SMILES string of the molecule is O=C(/C=C/c1ccc2c(c1)OCO2)Nc1ccc(-n2cnnn2)cc1. The van der Waals surface area contributed by atoms with Crippen molar-refractivity contribution < 1.29 is 14.3 Å². The third-order valence-corrected chi connectivity index (χ3v) is 3.57. The van der Waals surface area contributed by atoms with Crippen LogP contribution in [-0.4, -0.2) is 32.9 Å². The monoisotopic (exact) mass is 335 g/mol. The Hall–Kier alpha value is -3.68. The van der Waals surface area contributed by atoms with Gasteiger partial charge in [0, 0.05) is 11.8 Å². The summed E-state index contributed by atoms with van der Waals surface area (Å²) >= 11 is 0. The van der Waals surface area contributed by atoms with Crippen LogP contribution in [0.2, 0.25) is 0 Å². The highest BCUT2D eigenvalue weighted by Gasteiger charge is 2.12. The lowest BCUT2D eigenvalue weighted by atomic mass is 10.2. The maximum Gasteiger partial charge on any atom is 0.248 e. The number of nitrogens with zero attached hydrogens (tertiary/aromatic N) is 4. The Bertz CT molecular complexity index is 920. The Kier molecular flexibility index (Phi) is 3.83. The normalized spacial score (nSPS) is 12.5. The van der Waals surface area contributed by atoms with Crippen LogP contribution in [0.5, 0.6) is 11.5 Å². The Labute approximate surface area is 142 Å². The number of ether oxygens (including phenoxy) is 2. The van der Waals surface area contributed by atoms with E-state index < -0.39 is 0 Å². The zero-order valence-corrected chi connectivity index (χ0v) is 13.0. The molecule has 8 heteroatoms. The molecule has 1 aliphatic heterocycles. The summed E-state index contributed by atoms with van der Waals surface area (Å²) in [6.07, 6.45) is 4.68. The maximum atomic E-state index is 12.0. The molecule has 0 radical (unpaired) electrons. The second kappa shape index (κ2) is 6.44. The van der Waals surface area contributed by atoms with Crippen LogP contribution in [0.1, 0.15) is 5.56 Å². The van der Waals surface area contributed by atoms with E-state index in [1.165, 1.54) is 17.1 Å². The molecule has 1 amide bonds. The van der Waals surface area contributed by atoms with Crippen molar-refractivity contribution in [3.8, 4) is 17.2 Å². The number of fused-ring (bicyclic) bond motifs is 1. The number of nitrogens with one attached hydrogen (secondary N) is 1. The van der Waals surface area contributed by atoms with Gasteiger partial charge in [-0.1, -0.05) is 6.07 Å². The van der Waals surface area contributed by atoms with E-state index in [4.69, 9.17) is 9.47 Å². The quantitative estimate of drug-likeness (QED) is 0.734. The second-order valence-electron chi connectivity index (χ2n) is 5.24. The van der Waals surface area contributed by atoms with E-state index in [0.29, 0.717) is 17.2 Å². The molecular weight excluding hydrogens is 322 g/mol. The lowest BCUT2D eigenvalue weighted by Crippen LogP contribution is -2.07. The first-order valence-corrected chi connectivity index (χ1v) is 7.50. The zero-order valence-electron chi connectivity index (χ0n) is 13.0. The fraction of sp³-hybridized carbons (Fsp3) is 0.0588. The Morgan fingerprint density at radius 3 is 2.76 bits per heavy atom. The van der Waals surface area contributed by atoms with Gasteiger partial charge in [0.15, 0.2) is 11.5 Å². The average Bonchev–Trinajstić information content (AvgIpc) is 3.32.